The summed E-state index contributed by atoms with van der Waals surface area (Å²) < 4.78 is 22.1. The number of ether oxygens (including phenoxy) is 1. The number of pyridine rings is 1. The summed E-state index contributed by atoms with van der Waals surface area (Å²) in [6.07, 6.45) is 1.55. The number of likely N-dealkylation sites (tertiary alicyclic amines) is 1. The summed E-state index contributed by atoms with van der Waals surface area (Å²) in [4.78, 5) is 19.2. The Morgan fingerprint density at radius 1 is 1.10 bits per heavy atom. The van der Waals surface area contributed by atoms with E-state index >= 15 is 0 Å². The molecule has 7 nitrogen and oxygen atoms in total. The van der Waals surface area contributed by atoms with E-state index in [1.807, 2.05) is 36.4 Å². The van der Waals surface area contributed by atoms with E-state index < -0.39 is 12.3 Å². The zero-order valence-corrected chi connectivity index (χ0v) is 16.6. The molecule has 31 heavy (non-hydrogen) atoms. The van der Waals surface area contributed by atoms with Gasteiger partial charge in [-0.25, -0.2) is 14.1 Å². The number of hydrogen-bond acceptors (Lipinski definition) is 5. The fourth-order valence-electron chi connectivity index (χ4n) is 3.76. The van der Waals surface area contributed by atoms with E-state index in [4.69, 9.17) is 4.74 Å². The third-order valence-corrected chi connectivity index (χ3v) is 5.39. The zero-order valence-electron chi connectivity index (χ0n) is 16.6. The number of amides is 1. The Morgan fingerprint density at radius 3 is 2.87 bits per heavy atom. The Kier molecular flexibility index (Phi) is 5.03. The molecule has 5 rings (SSSR count). The highest BCUT2D eigenvalue weighted by Gasteiger charge is 2.34. The molecule has 0 N–H and O–H groups in total. The molecule has 1 fully saturated rings. The molecule has 2 aromatic carbocycles. The molecule has 0 radical (unpaired) electrons. The molecule has 1 aliphatic rings. The SMILES string of the molecule is O=C(c1cccc(-n2ccnn2)c1)N1CC[C@H](F)[C@@H](Oc2ccc3ccccc3n2)C1. The summed E-state index contributed by atoms with van der Waals surface area (Å²) >= 11 is 0. The maximum atomic E-state index is 14.6. The van der Waals surface area contributed by atoms with E-state index in [1.165, 1.54) is 0 Å². The molecule has 1 aliphatic heterocycles. The Hall–Kier alpha value is -3.81. The molecular formula is C23H20FN5O2. The minimum Gasteiger partial charge on any atom is -0.469 e. The van der Waals surface area contributed by atoms with Crippen LogP contribution in [0.25, 0.3) is 16.6 Å². The van der Waals surface area contributed by atoms with Gasteiger partial charge in [0.15, 0.2) is 0 Å². The summed E-state index contributed by atoms with van der Waals surface area (Å²) in [5, 5.41) is 8.73. The molecular weight excluding hydrogens is 397 g/mol. The Bertz CT molecular complexity index is 1210. The van der Waals surface area contributed by atoms with Crippen LogP contribution >= 0.6 is 0 Å². The van der Waals surface area contributed by atoms with Gasteiger partial charge in [-0.05, 0) is 36.8 Å². The van der Waals surface area contributed by atoms with Gasteiger partial charge in [-0.2, -0.15) is 0 Å². The predicted molar refractivity (Wildman–Crippen MR) is 113 cm³/mol. The third kappa shape index (κ3) is 3.96. The van der Waals surface area contributed by atoms with Crippen LogP contribution in [0.1, 0.15) is 16.8 Å². The highest BCUT2D eigenvalue weighted by molar-refractivity contribution is 5.94. The van der Waals surface area contributed by atoms with Crippen LogP contribution in [0.4, 0.5) is 4.39 Å². The Labute approximate surface area is 178 Å². The molecule has 8 heteroatoms. The number of para-hydroxylation sites is 1. The van der Waals surface area contributed by atoms with Gasteiger partial charge < -0.3 is 9.64 Å². The zero-order chi connectivity index (χ0) is 21.2. The lowest BCUT2D eigenvalue weighted by Crippen LogP contribution is -2.50. The second-order valence-corrected chi connectivity index (χ2v) is 7.45. The number of benzene rings is 2. The van der Waals surface area contributed by atoms with Gasteiger partial charge in [0, 0.05) is 23.6 Å². The molecule has 4 aromatic rings. The first-order valence-corrected chi connectivity index (χ1v) is 10.1. The van der Waals surface area contributed by atoms with Crippen LogP contribution in [-0.4, -0.2) is 56.2 Å². The quantitative estimate of drug-likeness (QED) is 0.509. The number of carbonyl (C=O) groups excluding carboxylic acids is 1. The van der Waals surface area contributed by atoms with Crippen molar-refractivity contribution in [2.45, 2.75) is 18.7 Å². The second kappa shape index (κ2) is 8.14. The van der Waals surface area contributed by atoms with E-state index in [9.17, 15) is 9.18 Å². The third-order valence-electron chi connectivity index (χ3n) is 5.39. The Morgan fingerprint density at radius 2 is 2.00 bits per heavy atom. The van der Waals surface area contributed by atoms with Crippen molar-refractivity contribution in [2.75, 3.05) is 13.1 Å². The van der Waals surface area contributed by atoms with Crippen LogP contribution < -0.4 is 4.74 Å². The number of fused-ring (bicyclic) bond motifs is 1. The lowest BCUT2D eigenvalue weighted by Gasteiger charge is -2.35. The average Bonchev–Trinajstić information content (AvgIpc) is 3.35. The smallest absolute Gasteiger partial charge is 0.254 e. The summed E-state index contributed by atoms with van der Waals surface area (Å²) in [5.41, 5.74) is 2.02. The topological polar surface area (TPSA) is 73.1 Å². The van der Waals surface area contributed by atoms with E-state index in [0.29, 0.717) is 18.0 Å². The molecule has 0 aliphatic carbocycles. The number of halogens is 1. The molecule has 0 bridgehead atoms. The fourth-order valence-corrected chi connectivity index (χ4v) is 3.76. The monoisotopic (exact) mass is 417 g/mol. The van der Waals surface area contributed by atoms with Gasteiger partial charge >= 0.3 is 0 Å². The Balaban J connectivity index is 1.33. The number of rotatable bonds is 4. The lowest BCUT2D eigenvalue weighted by atomic mass is 10.0. The molecule has 1 amide bonds. The van der Waals surface area contributed by atoms with Crippen LogP contribution in [-0.2, 0) is 0 Å². The van der Waals surface area contributed by atoms with Crippen LogP contribution in [0.2, 0.25) is 0 Å². The molecule has 0 saturated carbocycles. The average molecular weight is 417 g/mol. The minimum atomic E-state index is -1.17. The van der Waals surface area contributed by atoms with E-state index in [1.54, 1.807) is 46.2 Å². The van der Waals surface area contributed by atoms with Crippen molar-refractivity contribution in [3.63, 3.8) is 0 Å². The molecule has 2 aromatic heterocycles. The number of nitrogens with zero attached hydrogens (tertiary/aromatic N) is 5. The van der Waals surface area contributed by atoms with Crippen molar-refractivity contribution in [2.24, 2.45) is 0 Å². The van der Waals surface area contributed by atoms with Crippen LogP contribution in [0.3, 0.4) is 0 Å². The van der Waals surface area contributed by atoms with Crippen LogP contribution in [0.5, 0.6) is 5.88 Å². The van der Waals surface area contributed by atoms with Gasteiger partial charge in [0.1, 0.15) is 12.3 Å². The molecule has 3 heterocycles. The predicted octanol–water partition coefficient (Wildman–Crippen LogP) is 3.45. The first-order valence-electron chi connectivity index (χ1n) is 10.1. The molecule has 156 valence electrons. The van der Waals surface area contributed by atoms with Gasteiger partial charge in [0.2, 0.25) is 5.88 Å². The van der Waals surface area contributed by atoms with Gasteiger partial charge in [-0.3, -0.25) is 4.79 Å². The van der Waals surface area contributed by atoms with Crippen LogP contribution in [0, 0.1) is 0 Å². The standard InChI is InChI=1S/C23H20FN5O2/c24-19-10-12-28(23(30)17-5-3-6-18(14-17)29-13-11-25-27-29)15-21(19)31-22-9-8-16-4-1-2-7-20(16)26-22/h1-9,11,13-14,19,21H,10,12,15H2/t19-,21-/m0/s1. The normalized spacial score (nSPS) is 18.8. The molecule has 0 unspecified atom stereocenters. The van der Waals surface area contributed by atoms with Crippen molar-refractivity contribution < 1.29 is 13.9 Å². The van der Waals surface area contributed by atoms with Crippen molar-refractivity contribution in [1.29, 1.82) is 0 Å². The number of alkyl halides is 1. The largest absolute Gasteiger partial charge is 0.469 e. The van der Waals surface area contributed by atoms with E-state index in [-0.39, 0.29) is 18.9 Å². The first-order chi connectivity index (χ1) is 15.2. The van der Waals surface area contributed by atoms with Gasteiger partial charge in [-0.1, -0.05) is 29.5 Å². The number of carbonyl (C=O) groups is 1. The highest BCUT2D eigenvalue weighted by Crippen LogP contribution is 2.23. The fraction of sp³-hybridized carbons (Fsp3) is 0.217. The maximum absolute atomic E-state index is 14.6. The van der Waals surface area contributed by atoms with Gasteiger partial charge in [0.25, 0.3) is 5.91 Å². The molecule has 1 saturated heterocycles. The van der Waals surface area contributed by atoms with Crippen molar-refractivity contribution >= 4 is 16.8 Å². The van der Waals surface area contributed by atoms with E-state index in [2.05, 4.69) is 15.3 Å². The van der Waals surface area contributed by atoms with Gasteiger partial charge in [0.05, 0.1) is 30.1 Å². The molecule has 0 spiro atoms. The summed E-state index contributed by atoms with van der Waals surface area (Å²) in [5.74, 6) is 0.183. The minimum absolute atomic E-state index is 0.155. The molecule has 2 atom stereocenters. The number of piperidine rings is 1. The van der Waals surface area contributed by atoms with Crippen molar-refractivity contribution in [3.05, 3.63) is 78.6 Å². The van der Waals surface area contributed by atoms with Crippen molar-refractivity contribution in [1.82, 2.24) is 24.9 Å². The highest BCUT2D eigenvalue weighted by atomic mass is 19.1. The maximum Gasteiger partial charge on any atom is 0.254 e. The van der Waals surface area contributed by atoms with Crippen molar-refractivity contribution in [3.8, 4) is 11.6 Å². The second-order valence-electron chi connectivity index (χ2n) is 7.45. The van der Waals surface area contributed by atoms with Gasteiger partial charge in [-0.15, -0.1) is 5.10 Å². The number of hydrogen-bond donors (Lipinski definition) is 0. The number of aromatic nitrogens is 4. The summed E-state index contributed by atoms with van der Waals surface area (Å²) in [7, 11) is 0. The summed E-state index contributed by atoms with van der Waals surface area (Å²) in [6.45, 7) is 0.487. The lowest BCUT2D eigenvalue weighted by molar-refractivity contribution is 0.0167. The first kappa shape index (κ1) is 19.2. The summed E-state index contributed by atoms with van der Waals surface area (Å²) in [6, 6.07) is 18.4. The van der Waals surface area contributed by atoms with Crippen LogP contribution in [0.15, 0.2) is 73.1 Å². The van der Waals surface area contributed by atoms with E-state index in [0.717, 1.165) is 16.6 Å².